The summed E-state index contributed by atoms with van der Waals surface area (Å²) in [6.45, 7) is 2.42. The first-order valence-electron chi connectivity index (χ1n) is 6.54. The average Bonchev–Trinajstić information content (AvgIpc) is 2.69. The summed E-state index contributed by atoms with van der Waals surface area (Å²) in [6, 6.07) is 3.85. The van der Waals surface area contributed by atoms with Crippen molar-refractivity contribution < 1.29 is 13.2 Å². The van der Waals surface area contributed by atoms with Crippen molar-refractivity contribution >= 4 is 15.9 Å². The van der Waals surface area contributed by atoms with E-state index in [0.717, 1.165) is 5.56 Å². The third kappa shape index (κ3) is 4.01. The molecule has 1 aliphatic heterocycles. The van der Waals surface area contributed by atoms with Crippen LogP contribution in [-0.4, -0.2) is 42.5 Å². The van der Waals surface area contributed by atoms with Crippen molar-refractivity contribution in [3.8, 4) is 0 Å². The third-order valence-corrected chi connectivity index (χ3v) is 4.43. The zero-order valence-corrected chi connectivity index (χ0v) is 12.2. The van der Waals surface area contributed by atoms with Crippen molar-refractivity contribution in [2.45, 2.75) is 25.8 Å². The number of carbonyl (C=O) groups excluding carboxylic acids is 1. The zero-order chi connectivity index (χ0) is 14.8. The highest BCUT2D eigenvalue weighted by Crippen LogP contribution is 2.22. The number of nitrogens with zero attached hydrogens (tertiary/aromatic N) is 2. The van der Waals surface area contributed by atoms with Crippen molar-refractivity contribution in [1.29, 1.82) is 0 Å². The second-order valence-corrected chi connectivity index (χ2v) is 7.02. The maximum atomic E-state index is 12.0. The number of carbonyl (C=O) groups is 1. The topological polar surface area (TPSA) is 93.4 Å². The van der Waals surface area contributed by atoms with Gasteiger partial charge in [-0.05, 0) is 25.0 Å². The number of hydrogen-bond acceptors (Lipinski definition) is 4. The van der Waals surface area contributed by atoms with Gasteiger partial charge in [0.1, 0.15) is 0 Å². The lowest BCUT2D eigenvalue weighted by Crippen LogP contribution is -2.36. The maximum absolute atomic E-state index is 12.0. The highest BCUT2D eigenvalue weighted by Gasteiger charge is 2.34. The molecule has 1 aromatic rings. The van der Waals surface area contributed by atoms with Crippen LogP contribution in [0, 0.1) is 5.92 Å². The van der Waals surface area contributed by atoms with Crippen LogP contribution in [0.5, 0.6) is 0 Å². The second kappa shape index (κ2) is 5.88. The molecule has 110 valence electrons. The van der Waals surface area contributed by atoms with Gasteiger partial charge in [0.05, 0.1) is 5.75 Å². The zero-order valence-electron chi connectivity index (χ0n) is 11.4. The van der Waals surface area contributed by atoms with E-state index < -0.39 is 10.0 Å². The number of likely N-dealkylation sites (tertiary alicyclic amines) is 1. The van der Waals surface area contributed by atoms with Gasteiger partial charge in [-0.3, -0.25) is 9.78 Å². The summed E-state index contributed by atoms with van der Waals surface area (Å²) < 4.78 is 22.2. The molecule has 2 N–H and O–H groups in total. The first-order chi connectivity index (χ1) is 9.35. The Balaban J connectivity index is 1.97. The Morgan fingerprint density at radius 3 is 2.90 bits per heavy atom. The van der Waals surface area contributed by atoms with Crippen LogP contribution in [0.15, 0.2) is 24.5 Å². The van der Waals surface area contributed by atoms with Crippen molar-refractivity contribution in [2.24, 2.45) is 11.1 Å². The molecule has 2 unspecified atom stereocenters. The molecule has 6 nitrogen and oxygen atoms in total. The molecular weight excluding hydrogens is 278 g/mol. The van der Waals surface area contributed by atoms with E-state index in [1.165, 1.54) is 0 Å². The molecule has 0 radical (unpaired) electrons. The van der Waals surface area contributed by atoms with E-state index in [1.807, 2.05) is 19.1 Å². The van der Waals surface area contributed by atoms with Gasteiger partial charge < -0.3 is 4.90 Å². The number of amides is 1. The van der Waals surface area contributed by atoms with Gasteiger partial charge >= 0.3 is 0 Å². The molecule has 2 atom stereocenters. The van der Waals surface area contributed by atoms with Gasteiger partial charge in [-0.2, -0.15) is 0 Å². The third-order valence-electron chi connectivity index (χ3n) is 3.49. The highest BCUT2D eigenvalue weighted by molar-refractivity contribution is 7.89. The predicted octanol–water partition coefficient (Wildman–Crippen LogP) is 0.150. The van der Waals surface area contributed by atoms with E-state index in [4.69, 9.17) is 5.14 Å². The first kappa shape index (κ1) is 14.9. The highest BCUT2D eigenvalue weighted by atomic mass is 32.2. The smallest absolute Gasteiger partial charge is 0.223 e. The van der Waals surface area contributed by atoms with Crippen molar-refractivity contribution in [1.82, 2.24) is 9.88 Å². The van der Waals surface area contributed by atoms with Crippen LogP contribution in [0.4, 0.5) is 0 Å². The van der Waals surface area contributed by atoms with Crippen LogP contribution in [-0.2, 0) is 21.2 Å². The average molecular weight is 297 g/mol. The fraction of sp³-hybridized carbons (Fsp3) is 0.538. The molecule has 2 heterocycles. The minimum absolute atomic E-state index is 0.00459. The van der Waals surface area contributed by atoms with E-state index in [9.17, 15) is 13.2 Å². The molecule has 0 bridgehead atoms. The van der Waals surface area contributed by atoms with Crippen LogP contribution in [0.1, 0.15) is 18.9 Å². The van der Waals surface area contributed by atoms with Crippen LogP contribution in [0.2, 0.25) is 0 Å². The Bertz CT molecular complexity index is 574. The van der Waals surface area contributed by atoms with Gasteiger partial charge in [0, 0.05) is 37.3 Å². The Labute approximate surface area is 119 Å². The van der Waals surface area contributed by atoms with E-state index in [2.05, 4.69) is 4.98 Å². The van der Waals surface area contributed by atoms with Crippen molar-refractivity contribution in [3.63, 3.8) is 0 Å². The Morgan fingerprint density at radius 1 is 1.55 bits per heavy atom. The fourth-order valence-corrected chi connectivity index (χ4v) is 3.53. The number of pyridine rings is 1. The molecule has 0 saturated carbocycles. The molecule has 1 aliphatic rings. The first-order valence-corrected chi connectivity index (χ1v) is 8.25. The SMILES string of the molecule is CC(Cc1cccnc1)N1CC(CS(N)(=O)=O)CC1=O. The molecule has 20 heavy (non-hydrogen) atoms. The van der Waals surface area contributed by atoms with Gasteiger partial charge in [-0.1, -0.05) is 6.07 Å². The maximum Gasteiger partial charge on any atom is 0.223 e. The number of rotatable bonds is 5. The molecule has 1 fully saturated rings. The summed E-state index contributed by atoms with van der Waals surface area (Å²) in [6.07, 6.45) is 4.45. The van der Waals surface area contributed by atoms with Gasteiger partial charge in [0.15, 0.2) is 0 Å². The Kier molecular flexibility index (Phi) is 4.39. The fourth-order valence-electron chi connectivity index (χ4n) is 2.64. The quantitative estimate of drug-likeness (QED) is 0.837. The van der Waals surface area contributed by atoms with E-state index in [-0.39, 0.29) is 30.0 Å². The molecule has 0 spiro atoms. The molecule has 0 aromatic carbocycles. The van der Waals surface area contributed by atoms with Crippen LogP contribution >= 0.6 is 0 Å². The van der Waals surface area contributed by atoms with Crippen LogP contribution in [0.25, 0.3) is 0 Å². The van der Waals surface area contributed by atoms with Gasteiger partial charge in [-0.15, -0.1) is 0 Å². The number of primary sulfonamides is 1. The summed E-state index contributed by atoms with van der Waals surface area (Å²) in [5.74, 6) is -0.335. The second-order valence-electron chi connectivity index (χ2n) is 5.36. The summed E-state index contributed by atoms with van der Waals surface area (Å²) in [7, 11) is -3.53. The van der Waals surface area contributed by atoms with Crippen molar-refractivity contribution in [3.05, 3.63) is 30.1 Å². The molecule has 2 rings (SSSR count). The van der Waals surface area contributed by atoms with E-state index >= 15 is 0 Å². The Hall–Kier alpha value is -1.47. The lowest BCUT2D eigenvalue weighted by Gasteiger charge is -2.24. The molecule has 1 saturated heterocycles. The molecule has 1 amide bonds. The lowest BCUT2D eigenvalue weighted by atomic mass is 10.1. The normalized spacial score (nSPS) is 21.2. The molecule has 1 aromatic heterocycles. The van der Waals surface area contributed by atoms with Crippen LogP contribution < -0.4 is 5.14 Å². The number of hydrogen-bond donors (Lipinski definition) is 1. The molecule has 0 aliphatic carbocycles. The largest absolute Gasteiger partial charge is 0.339 e. The minimum Gasteiger partial charge on any atom is -0.339 e. The summed E-state index contributed by atoms with van der Waals surface area (Å²) in [5, 5.41) is 5.04. The summed E-state index contributed by atoms with van der Waals surface area (Å²) in [5.41, 5.74) is 1.06. The van der Waals surface area contributed by atoms with E-state index in [1.54, 1.807) is 17.3 Å². The summed E-state index contributed by atoms with van der Waals surface area (Å²) in [4.78, 5) is 17.8. The number of nitrogens with two attached hydrogens (primary N) is 1. The van der Waals surface area contributed by atoms with E-state index in [0.29, 0.717) is 13.0 Å². The Morgan fingerprint density at radius 2 is 2.30 bits per heavy atom. The molecular formula is C13H19N3O3S. The minimum atomic E-state index is -3.53. The van der Waals surface area contributed by atoms with Crippen LogP contribution in [0.3, 0.4) is 0 Å². The number of sulfonamides is 1. The lowest BCUT2D eigenvalue weighted by molar-refractivity contribution is -0.129. The summed E-state index contributed by atoms with van der Waals surface area (Å²) >= 11 is 0. The monoisotopic (exact) mass is 297 g/mol. The van der Waals surface area contributed by atoms with Gasteiger partial charge in [-0.25, -0.2) is 13.6 Å². The number of aromatic nitrogens is 1. The molecule has 7 heteroatoms. The standard InChI is InChI=1S/C13H19N3O3S/c1-10(5-11-3-2-4-15-7-11)16-8-12(6-13(16)17)9-20(14,18)19/h2-4,7,10,12H,5-6,8-9H2,1H3,(H2,14,18,19). The van der Waals surface area contributed by atoms with Gasteiger partial charge in [0.25, 0.3) is 0 Å². The predicted molar refractivity (Wildman–Crippen MR) is 75.2 cm³/mol. The van der Waals surface area contributed by atoms with Gasteiger partial charge in [0.2, 0.25) is 15.9 Å². The van der Waals surface area contributed by atoms with Crippen molar-refractivity contribution in [2.75, 3.05) is 12.3 Å².